The average molecular weight is 181 g/mol. The fourth-order valence-corrected chi connectivity index (χ4v) is 1.27. The highest BCUT2D eigenvalue weighted by molar-refractivity contribution is 5.34. The highest BCUT2D eigenvalue weighted by Gasteiger charge is 2.12. The Morgan fingerprint density at radius 1 is 1.46 bits per heavy atom. The number of methoxy groups -OCH3 is 1. The number of aryl methyl sites for hydroxylation is 1. The molecule has 0 saturated carbocycles. The zero-order valence-corrected chi connectivity index (χ0v) is 8.23. The van der Waals surface area contributed by atoms with E-state index >= 15 is 0 Å². The first kappa shape index (κ1) is 10.2. The van der Waals surface area contributed by atoms with Crippen LogP contribution in [0, 0.1) is 18.7 Å². The second kappa shape index (κ2) is 4.38. The van der Waals surface area contributed by atoms with E-state index in [1.54, 1.807) is 26.2 Å². The lowest BCUT2D eigenvalue weighted by Crippen LogP contribution is -2.06. The standard InChI is InChI=1S/C11H14FO/c1-8-5-4-6-10(11(8)12)9(2)7-13-3/h4-6H,7H2,1-3H3. The maximum absolute atomic E-state index is 13.5. The van der Waals surface area contributed by atoms with Crippen LogP contribution < -0.4 is 0 Å². The summed E-state index contributed by atoms with van der Waals surface area (Å²) in [7, 11) is 1.61. The lowest BCUT2D eigenvalue weighted by atomic mass is 9.99. The predicted octanol–water partition coefficient (Wildman–Crippen LogP) is 2.72. The van der Waals surface area contributed by atoms with E-state index in [0.29, 0.717) is 17.7 Å². The molecule has 1 aromatic rings. The van der Waals surface area contributed by atoms with E-state index in [2.05, 4.69) is 0 Å². The van der Waals surface area contributed by atoms with Crippen LogP contribution in [-0.4, -0.2) is 13.7 Å². The molecule has 0 heterocycles. The van der Waals surface area contributed by atoms with Gasteiger partial charge in [-0.1, -0.05) is 25.1 Å². The number of benzene rings is 1. The third-order valence-corrected chi connectivity index (χ3v) is 2.01. The van der Waals surface area contributed by atoms with Crippen LogP contribution in [0.4, 0.5) is 4.39 Å². The molecule has 1 radical (unpaired) electrons. The third kappa shape index (κ3) is 2.28. The van der Waals surface area contributed by atoms with Crippen LogP contribution in [0.3, 0.4) is 0 Å². The summed E-state index contributed by atoms with van der Waals surface area (Å²) in [6.07, 6.45) is 0. The fourth-order valence-electron chi connectivity index (χ4n) is 1.27. The molecule has 0 spiro atoms. The molecule has 0 aliphatic heterocycles. The van der Waals surface area contributed by atoms with Crippen molar-refractivity contribution >= 4 is 0 Å². The summed E-state index contributed by atoms with van der Waals surface area (Å²) in [6, 6.07) is 5.39. The van der Waals surface area contributed by atoms with Crippen LogP contribution in [0.5, 0.6) is 0 Å². The Bertz CT molecular complexity index is 283. The SMILES string of the molecule is COC[C](C)c1cccc(C)c1F. The van der Waals surface area contributed by atoms with Crippen LogP contribution in [0.2, 0.25) is 0 Å². The molecule has 0 N–H and O–H groups in total. The molecule has 0 fully saturated rings. The van der Waals surface area contributed by atoms with E-state index in [0.717, 1.165) is 5.92 Å². The van der Waals surface area contributed by atoms with Gasteiger partial charge in [0.15, 0.2) is 0 Å². The third-order valence-electron chi connectivity index (χ3n) is 2.01. The molecule has 0 amide bonds. The quantitative estimate of drug-likeness (QED) is 0.696. The molecule has 1 nitrogen and oxygen atoms in total. The first-order valence-corrected chi connectivity index (χ1v) is 4.23. The van der Waals surface area contributed by atoms with Gasteiger partial charge in [-0.2, -0.15) is 0 Å². The monoisotopic (exact) mass is 181 g/mol. The molecule has 0 bridgehead atoms. The summed E-state index contributed by atoms with van der Waals surface area (Å²) >= 11 is 0. The van der Waals surface area contributed by atoms with Crippen molar-refractivity contribution in [1.82, 2.24) is 0 Å². The molecule has 0 unspecified atom stereocenters. The van der Waals surface area contributed by atoms with E-state index in [1.165, 1.54) is 0 Å². The van der Waals surface area contributed by atoms with Gasteiger partial charge in [0.2, 0.25) is 0 Å². The predicted molar refractivity (Wildman–Crippen MR) is 51.0 cm³/mol. The van der Waals surface area contributed by atoms with E-state index in [1.807, 2.05) is 13.0 Å². The van der Waals surface area contributed by atoms with Crippen molar-refractivity contribution in [2.75, 3.05) is 13.7 Å². The number of hydrogen-bond donors (Lipinski definition) is 0. The number of rotatable bonds is 3. The second-order valence-corrected chi connectivity index (χ2v) is 3.15. The number of halogens is 1. The Morgan fingerprint density at radius 3 is 2.77 bits per heavy atom. The van der Waals surface area contributed by atoms with Gasteiger partial charge in [-0.25, -0.2) is 4.39 Å². The molecular formula is C11H14FO. The molecule has 0 aliphatic rings. The van der Waals surface area contributed by atoms with E-state index in [4.69, 9.17) is 4.74 Å². The summed E-state index contributed by atoms with van der Waals surface area (Å²) in [6.45, 7) is 4.11. The van der Waals surface area contributed by atoms with Crippen molar-refractivity contribution in [3.8, 4) is 0 Å². The first-order chi connectivity index (χ1) is 6.16. The van der Waals surface area contributed by atoms with Crippen molar-refractivity contribution in [3.63, 3.8) is 0 Å². The minimum atomic E-state index is -0.142. The fraction of sp³-hybridized carbons (Fsp3) is 0.364. The summed E-state index contributed by atoms with van der Waals surface area (Å²) < 4.78 is 18.4. The van der Waals surface area contributed by atoms with Crippen LogP contribution in [-0.2, 0) is 4.74 Å². The van der Waals surface area contributed by atoms with Crippen LogP contribution in [0.25, 0.3) is 0 Å². The smallest absolute Gasteiger partial charge is 0.129 e. The van der Waals surface area contributed by atoms with Crippen molar-refractivity contribution in [1.29, 1.82) is 0 Å². The van der Waals surface area contributed by atoms with E-state index in [-0.39, 0.29) is 5.82 Å². The van der Waals surface area contributed by atoms with E-state index in [9.17, 15) is 4.39 Å². The van der Waals surface area contributed by atoms with Gasteiger partial charge in [0.25, 0.3) is 0 Å². The highest BCUT2D eigenvalue weighted by Crippen LogP contribution is 2.20. The molecule has 0 atom stereocenters. The molecule has 0 aliphatic carbocycles. The molecular weight excluding hydrogens is 167 g/mol. The zero-order valence-electron chi connectivity index (χ0n) is 8.23. The lowest BCUT2D eigenvalue weighted by molar-refractivity contribution is 0.213. The summed E-state index contributed by atoms with van der Waals surface area (Å²) in [5.41, 5.74) is 1.33. The minimum Gasteiger partial charge on any atom is -0.384 e. The van der Waals surface area contributed by atoms with Gasteiger partial charge in [0.1, 0.15) is 5.82 Å². The van der Waals surface area contributed by atoms with Gasteiger partial charge in [-0.15, -0.1) is 0 Å². The van der Waals surface area contributed by atoms with Crippen molar-refractivity contribution in [2.45, 2.75) is 13.8 Å². The molecule has 0 saturated heterocycles. The first-order valence-electron chi connectivity index (χ1n) is 4.23. The zero-order chi connectivity index (χ0) is 9.84. The molecule has 71 valence electrons. The maximum atomic E-state index is 13.5. The van der Waals surface area contributed by atoms with Crippen LogP contribution >= 0.6 is 0 Å². The van der Waals surface area contributed by atoms with Gasteiger partial charge >= 0.3 is 0 Å². The van der Waals surface area contributed by atoms with Gasteiger partial charge in [0.05, 0.1) is 6.61 Å². The number of hydrogen-bond acceptors (Lipinski definition) is 1. The minimum absolute atomic E-state index is 0.142. The Balaban J connectivity index is 2.93. The van der Waals surface area contributed by atoms with Gasteiger partial charge in [-0.3, -0.25) is 0 Å². The Kier molecular flexibility index (Phi) is 3.43. The van der Waals surface area contributed by atoms with Gasteiger partial charge in [-0.05, 0) is 18.1 Å². The Labute approximate surface area is 78.5 Å². The largest absolute Gasteiger partial charge is 0.384 e. The summed E-state index contributed by atoms with van der Waals surface area (Å²) in [4.78, 5) is 0. The average Bonchev–Trinajstić information content (AvgIpc) is 2.10. The topological polar surface area (TPSA) is 9.23 Å². The molecule has 2 heteroatoms. The molecule has 1 aromatic carbocycles. The van der Waals surface area contributed by atoms with E-state index < -0.39 is 0 Å². The number of ether oxygens (including phenoxy) is 1. The van der Waals surface area contributed by atoms with Crippen molar-refractivity contribution < 1.29 is 9.13 Å². The molecule has 0 aromatic heterocycles. The molecule has 13 heavy (non-hydrogen) atoms. The Morgan fingerprint density at radius 2 is 2.15 bits per heavy atom. The van der Waals surface area contributed by atoms with Gasteiger partial charge in [0, 0.05) is 13.0 Å². The summed E-state index contributed by atoms with van der Waals surface area (Å²) in [5, 5.41) is 0. The van der Waals surface area contributed by atoms with Crippen molar-refractivity contribution in [2.24, 2.45) is 0 Å². The normalized spacial score (nSPS) is 10.8. The van der Waals surface area contributed by atoms with Crippen LogP contribution in [0.15, 0.2) is 18.2 Å². The summed E-state index contributed by atoms with van der Waals surface area (Å²) in [5.74, 6) is 0.778. The lowest BCUT2D eigenvalue weighted by Gasteiger charge is -2.11. The van der Waals surface area contributed by atoms with Crippen LogP contribution in [0.1, 0.15) is 18.1 Å². The van der Waals surface area contributed by atoms with Gasteiger partial charge < -0.3 is 4.74 Å². The molecule has 1 rings (SSSR count). The Hall–Kier alpha value is -0.890. The maximum Gasteiger partial charge on any atom is 0.129 e. The second-order valence-electron chi connectivity index (χ2n) is 3.15. The highest BCUT2D eigenvalue weighted by atomic mass is 19.1. The van der Waals surface area contributed by atoms with Crippen molar-refractivity contribution in [3.05, 3.63) is 41.1 Å².